The fraction of sp³-hybridized carbons (Fsp3) is 0.350. The summed E-state index contributed by atoms with van der Waals surface area (Å²) >= 11 is 0. The minimum Gasteiger partial charge on any atom is -0.469 e. The molecule has 0 aromatic heterocycles. The molecule has 0 aliphatic carbocycles. The number of rotatable bonds is 6. The molecule has 7 heteroatoms. The highest BCUT2D eigenvalue weighted by atomic mass is 16.6. The van der Waals surface area contributed by atoms with E-state index in [1.165, 1.54) is 24.8 Å². The van der Waals surface area contributed by atoms with Crippen molar-refractivity contribution in [1.82, 2.24) is 4.90 Å². The first-order valence-corrected chi connectivity index (χ1v) is 8.91. The van der Waals surface area contributed by atoms with E-state index in [4.69, 9.17) is 4.74 Å². The summed E-state index contributed by atoms with van der Waals surface area (Å²) in [5.74, 6) is -0.256. The number of nitro groups is 1. The number of benzene rings is 2. The summed E-state index contributed by atoms with van der Waals surface area (Å²) in [4.78, 5) is 26.8. The van der Waals surface area contributed by atoms with Crippen molar-refractivity contribution in [3.05, 3.63) is 70.3 Å². The molecule has 142 valence electrons. The van der Waals surface area contributed by atoms with Crippen LogP contribution in [0.25, 0.3) is 0 Å². The summed E-state index contributed by atoms with van der Waals surface area (Å²) in [6.45, 7) is 3.14. The van der Waals surface area contributed by atoms with E-state index in [2.05, 4.69) is 21.9 Å². The number of non-ortho nitro benzene ring substituents is 1. The molecule has 0 N–H and O–H groups in total. The number of carbonyl (C=O) groups excluding carboxylic acids is 1. The average Bonchev–Trinajstić information content (AvgIpc) is 2.69. The van der Waals surface area contributed by atoms with Gasteiger partial charge in [-0.05, 0) is 17.7 Å². The molecular weight excluding hydrogens is 346 g/mol. The van der Waals surface area contributed by atoms with Crippen molar-refractivity contribution in [1.29, 1.82) is 0 Å². The normalized spacial score (nSPS) is 17.5. The number of hydrogen-bond acceptors (Lipinski definition) is 6. The van der Waals surface area contributed by atoms with Crippen molar-refractivity contribution in [3.8, 4) is 0 Å². The van der Waals surface area contributed by atoms with Gasteiger partial charge in [0.05, 0.1) is 24.5 Å². The molecular formula is C20H23N3O4. The van der Waals surface area contributed by atoms with Crippen molar-refractivity contribution < 1.29 is 14.5 Å². The van der Waals surface area contributed by atoms with Crippen LogP contribution in [0.2, 0.25) is 0 Å². The monoisotopic (exact) mass is 369 g/mol. The molecule has 2 aromatic carbocycles. The summed E-state index contributed by atoms with van der Waals surface area (Å²) in [6.07, 6.45) is 0.277. The van der Waals surface area contributed by atoms with Gasteiger partial charge in [0.25, 0.3) is 5.69 Å². The molecule has 1 fully saturated rings. The third-order valence-electron chi connectivity index (χ3n) is 4.84. The first-order chi connectivity index (χ1) is 13.1. The Hall–Kier alpha value is -2.93. The van der Waals surface area contributed by atoms with Crippen molar-refractivity contribution >= 4 is 17.3 Å². The number of esters is 1. The molecule has 1 saturated heterocycles. The van der Waals surface area contributed by atoms with E-state index in [1.807, 2.05) is 18.2 Å². The number of nitrogens with zero attached hydrogens (tertiary/aromatic N) is 3. The van der Waals surface area contributed by atoms with E-state index in [0.29, 0.717) is 0 Å². The van der Waals surface area contributed by atoms with Gasteiger partial charge >= 0.3 is 5.97 Å². The summed E-state index contributed by atoms with van der Waals surface area (Å²) < 4.78 is 4.87. The topological polar surface area (TPSA) is 75.9 Å². The number of carbonyl (C=O) groups is 1. The van der Waals surface area contributed by atoms with Crippen molar-refractivity contribution in [2.45, 2.75) is 19.0 Å². The van der Waals surface area contributed by atoms with E-state index >= 15 is 0 Å². The highest BCUT2D eigenvalue weighted by Crippen LogP contribution is 2.25. The molecule has 0 bridgehead atoms. The van der Waals surface area contributed by atoms with Gasteiger partial charge in [-0.3, -0.25) is 19.8 Å². The zero-order chi connectivity index (χ0) is 19.2. The first-order valence-electron chi connectivity index (χ1n) is 8.91. The molecule has 1 aliphatic rings. The van der Waals surface area contributed by atoms with Crippen LogP contribution in [0.4, 0.5) is 11.4 Å². The standard InChI is InChI=1S/C20H23N3O4/c1-27-20(24)13-19-15-21(14-16-5-3-2-4-6-16)11-12-22(19)17-7-9-18(10-8-17)23(25)26/h2-10,19H,11-15H2,1H3. The Labute approximate surface area is 158 Å². The van der Waals surface area contributed by atoms with Gasteiger partial charge in [0.1, 0.15) is 0 Å². The van der Waals surface area contributed by atoms with Crippen LogP contribution >= 0.6 is 0 Å². The van der Waals surface area contributed by atoms with E-state index in [-0.39, 0.29) is 24.1 Å². The highest BCUT2D eigenvalue weighted by Gasteiger charge is 2.29. The Kier molecular flexibility index (Phi) is 6.03. The lowest BCUT2D eigenvalue weighted by Gasteiger charge is -2.42. The van der Waals surface area contributed by atoms with Gasteiger partial charge in [-0.15, -0.1) is 0 Å². The van der Waals surface area contributed by atoms with Gasteiger partial charge in [-0.25, -0.2) is 0 Å². The molecule has 1 unspecified atom stereocenters. The maximum absolute atomic E-state index is 11.9. The number of hydrogen-bond donors (Lipinski definition) is 0. The van der Waals surface area contributed by atoms with Crippen LogP contribution in [0, 0.1) is 10.1 Å². The highest BCUT2D eigenvalue weighted by molar-refractivity contribution is 5.71. The van der Waals surface area contributed by atoms with E-state index < -0.39 is 4.92 Å². The van der Waals surface area contributed by atoms with Crippen molar-refractivity contribution in [2.75, 3.05) is 31.6 Å². The summed E-state index contributed by atoms with van der Waals surface area (Å²) in [5, 5.41) is 10.9. The second-order valence-corrected chi connectivity index (χ2v) is 6.62. The Morgan fingerprint density at radius 1 is 1.15 bits per heavy atom. The second kappa shape index (κ2) is 8.64. The molecule has 2 aromatic rings. The van der Waals surface area contributed by atoms with Crippen LogP contribution in [0.1, 0.15) is 12.0 Å². The predicted molar refractivity (Wildman–Crippen MR) is 103 cm³/mol. The van der Waals surface area contributed by atoms with Crippen molar-refractivity contribution in [2.24, 2.45) is 0 Å². The zero-order valence-corrected chi connectivity index (χ0v) is 15.3. The molecule has 0 spiro atoms. The van der Waals surface area contributed by atoms with Crippen LogP contribution in [0.5, 0.6) is 0 Å². The number of ether oxygens (including phenoxy) is 1. The largest absolute Gasteiger partial charge is 0.469 e. The van der Waals surface area contributed by atoms with Crippen LogP contribution in [0.15, 0.2) is 54.6 Å². The van der Waals surface area contributed by atoms with Gasteiger partial charge in [-0.2, -0.15) is 0 Å². The Balaban J connectivity index is 1.75. The van der Waals surface area contributed by atoms with Crippen LogP contribution in [0.3, 0.4) is 0 Å². The van der Waals surface area contributed by atoms with Gasteiger partial charge in [-0.1, -0.05) is 30.3 Å². The van der Waals surface area contributed by atoms with Gasteiger partial charge in [0.2, 0.25) is 0 Å². The Morgan fingerprint density at radius 3 is 2.48 bits per heavy atom. The van der Waals surface area contributed by atoms with Gasteiger partial charge < -0.3 is 9.64 Å². The van der Waals surface area contributed by atoms with E-state index in [9.17, 15) is 14.9 Å². The Morgan fingerprint density at radius 2 is 1.85 bits per heavy atom. The molecule has 0 radical (unpaired) electrons. The molecule has 3 rings (SSSR count). The number of anilines is 1. The smallest absolute Gasteiger partial charge is 0.307 e. The Bertz CT molecular complexity index is 780. The number of piperazine rings is 1. The van der Waals surface area contributed by atoms with Crippen LogP contribution in [-0.4, -0.2) is 48.6 Å². The number of methoxy groups -OCH3 is 1. The molecule has 1 heterocycles. The molecule has 7 nitrogen and oxygen atoms in total. The van der Waals surface area contributed by atoms with Gasteiger partial charge in [0.15, 0.2) is 0 Å². The quantitative estimate of drug-likeness (QED) is 0.443. The fourth-order valence-electron chi connectivity index (χ4n) is 3.46. The van der Waals surface area contributed by atoms with Gasteiger partial charge in [0, 0.05) is 44.0 Å². The molecule has 0 saturated carbocycles. The minimum absolute atomic E-state index is 0.0450. The molecule has 0 amide bonds. The zero-order valence-electron chi connectivity index (χ0n) is 15.3. The fourth-order valence-corrected chi connectivity index (χ4v) is 3.46. The molecule has 1 atom stereocenters. The van der Waals surface area contributed by atoms with E-state index in [0.717, 1.165) is 31.9 Å². The molecule has 27 heavy (non-hydrogen) atoms. The third kappa shape index (κ3) is 4.83. The predicted octanol–water partition coefficient (Wildman–Crippen LogP) is 2.85. The number of nitro benzene ring substituents is 1. The maximum atomic E-state index is 11.9. The summed E-state index contributed by atoms with van der Waals surface area (Å²) in [7, 11) is 1.39. The lowest BCUT2D eigenvalue weighted by molar-refractivity contribution is -0.384. The lowest BCUT2D eigenvalue weighted by atomic mass is 10.1. The van der Waals surface area contributed by atoms with Crippen LogP contribution < -0.4 is 4.90 Å². The SMILES string of the molecule is COC(=O)CC1CN(Cc2ccccc2)CCN1c1ccc([N+](=O)[O-])cc1. The summed E-state index contributed by atoms with van der Waals surface area (Å²) in [6, 6.07) is 16.7. The lowest BCUT2D eigenvalue weighted by Crippen LogP contribution is -2.53. The maximum Gasteiger partial charge on any atom is 0.307 e. The minimum atomic E-state index is -0.409. The second-order valence-electron chi connectivity index (χ2n) is 6.62. The first kappa shape index (κ1) is 18.8. The average molecular weight is 369 g/mol. The van der Waals surface area contributed by atoms with E-state index in [1.54, 1.807) is 12.1 Å². The third-order valence-corrected chi connectivity index (χ3v) is 4.84. The van der Waals surface area contributed by atoms with Crippen LogP contribution in [-0.2, 0) is 16.1 Å². The summed E-state index contributed by atoms with van der Waals surface area (Å²) in [5.41, 5.74) is 2.18. The van der Waals surface area contributed by atoms with Crippen molar-refractivity contribution in [3.63, 3.8) is 0 Å². The molecule has 1 aliphatic heterocycles.